The molecule has 2 aliphatic heterocycles. The van der Waals surface area contributed by atoms with E-state index in [2.05, 4.69) is 10.3 Å². The van der Waals surface area contributed by atoms with Crippen LogP contribution in [-0.2, 0) is 9.59 Å². The average molecular weight is 473 g/mol. The number of para-hydroxylation sites is 1. The van der Waals surface area contributed by atoms with Crippen molar-refractivity contribution in [1.82, 2.24) is 5.01 Å². The van der Waals surface area contributed by atoms with E-state index in [1.807, 2.05) is 48.5 Å². The van der Waals surface area contributed by atoms with Crippen LogP contribution in [0.15, 0.2) is 95.0 Å². The third kappa shape index (κ3) is 4.77. The van der Waals surface area contributed by atoms with Crippen molar-refractivity contribution < 1.29 is 14.0 Å². The molecule has 6 nitrogen and oxygen atoms in total. The Hall–Kier alpha value is -3.78. The van der Waals surface area contributed by atoms with E-state index >= 15 is 0 Å². The highest BCUT2D eigenvalue weighted by molar-refractivity contribution is 8.15. The van der Waals surface area contributed by atoms with E-state index in [-0.39, 0.29) is 30.1 Å². The van der Waals surface area contributed by atoms with Crippen LogP contribution in [0.2, 0.25) is 0 Å². The minimum Gasteiger partial charge on any atom is -0.326 e. The minimum atomic E-state index is -0.622. The molecule has 34 heavy (non-hydrogen) atoms. The van der Waals surface area contributed by atoms with Crippen molar-refractivity contribution in [3.63, 3.8) is 0 Å². The molecule has 0 saturated heterocycles. The standard InChI is InChI=1S/C26H21FN4O2S/c27-19-13-11-18(12-14-19)22-15-21(17-7-3-1-4-8-17)30-31(22)26-29-25(33)23(34-26)16-24(32)28-20-9-5-2-6-10-20/h1-14,22-23H,15-16H2,(H,28,32). The van der Waals surface area contributed by atoms with Crippen LogP contribution >= 0.6 is 11.8 Å². The molecule has 0 radical (unpaired) electrons. The Bertz CT molecular complexity index is 1260. The number of carbonyl (C=O) groups is 2. The van der Waals surface area contributed by atoms with Crippen LogP contribution in [0.5, 0.6) is 0 Å². The lowest BCUT2D eigenvalue weighted by Gasteiger charge is -2.23. The van der Waals surface area contributed by atoms with E-state index in [1.54, 1.807) is 29.3 Å². The van der Waals surface area contributed by atoms with E-state index in [0.29, 0.717) is 17.3 Å². The van der Waals surface area contributed by atoms with Gasteiger partial charge in [0.15, 0.2) is 5.17 Å². The first-order chi connectivity index (χ1) is 16.6. The largest absolute Gasteiger partial charge is 0.326 e. The summed E-state index contributed by atoms with van der Waals surface area (Å²) in [5.41, 5.74) is 3.39. The zero-order valence-electron chi connectivity index (χ0n) is 18.1. The van der Waals surface area contributed by atoms with Gasteiger partial charge in [-0.2, -0.15) is 10.1 Å². The van der Waals surface area contributed by atoms with Crippen LogP contribution in [0.25, 0.3) is 0 Å². The molecule has 2 heterocycles. The first kappa shape index (κ1) is 22.0. The van der Waals surface area contributed by atoms with Crippen LogP contribution in [0.3, 0.4) is 0 Å². The highest BCUT2D eigenvalue weighted by Crippen LogP contribution is 2.38. The zero-order chi connectivity index (χ0) is 23.5. The molecule has 0 bridgehead atoms. The normalized spacial score (nSPS) is 19.7. The van der Waals surface area contributed by atoms with Crippen LogP contribution in [0.1, 0.15) is 30.0 Å². The Labute approximate surface area is 200 Å². The average Bonchev–Trinajstić information content (AvgIpc) is 3.45. The number of nitrogens with one attached hydrogen (secondary N) is 1. The lowest BCUT2D eigenvalue weighted by molar-refractivity contribution is -0.121. The number of rotatable bonds is 5. The summed E-state index contributed by atoms with van der Waals surface area (Å²) in [4.78, 5) is 29.4. The molecule has 0 aliphatic carbocycles. The lowest BCUT2D eigenvalue weighted by Crippen LogP contribution is -2.25. The van der Waals surface area contributed by atoms with Gasteiger partial charge in [-0.15, -0.1) is 0 Å². The van der Waals surface area contributed by atoms with Crippen molar-refractivity contribution in [3.8, 4) is 0 Å². The zero-order valence-corrected chi connectivity index (χ0v) is 18.9. The molecule has 8 heteroatoms. The molecule has 2 atom stereocenters. The van der Waals surface area contributed by atoms with Crippen LogP contribution in [0.4, 0.5) is 10.1 Å². The Morgan fingerprint density at radius 3 is 2.38 bits per heavy atom. The van der Waals surface area contributed by atoms with E-state index in [4.69, 9.17) is 5.10 Å². The number of benzene rings is 3. The molecule has 2 unspecified atom stereocenters. The molecule has 0 spiro atoms. The fourth-order valence-electron chi connectivity index (χ4n) is 3.94. The van der Waals surface area contributed by atoms with Crippen molar-refractivity contribution >= 4 is 40.1 Å². The van der Waals surface area contributed by atoms with E-state index in [0.717, 1.165) is 16.8 Å². The second-order valence-corrected chi connectivity index (χ2v) is 9.16. The molecular weight excluding hydrogens is 451 g/mol. The number of amidine groups is 1. The van der Waals surface area contributed by atoms with Gasteiger partial charge in [0.2, 0.25) is 5.91 Å². The fourth-order valence-corrected chi connectivity index (χ4v) is 5.00. The number of anilines is 1. The number of aliphatic imine (C=N–C) groups is 1. The third-order valence-corrected chi connectivity index (χ3v) is 6.77. The molecule has 0 saturated carbocycles. The SMILES string of the molecule is O=C(CC1SC(N2N=C(c3ccccc3)CC2c2ccc(F)cc2)=NC1=O)Nc1ccccc1. The van der Waals surface area contributed by atoms with Crippen molar-refractivity contribution in [2.75, 3.05) is 5.32 Å². The van der Waals surface area contributed by atoms with Crippen molar-refractivity contribution in [2.45, 2.75) is 24.1 Å². The molecule has 170 valence electrons. The molecule has 2 aliphatic rings. The summed E-state index contributed by atoms with van der Waals surface area (Å²) in [6.45, 7) is 0. The number of nitrogens with zero attached hydrogens (tertiary/aromatic N) is 3. The van der Waals surface area contributed by atoms with Gasteiger partial charge >= 0.3 is 0 Å². The number of thioether (sulfide) groups is 1. The molecule has 1 N–H and O–H groups in total. The molecular formula is C26H21FN4O2S. The fraction of sp³-hybridized carbons (Fsp3) is 0.154. The number of hydrogen-bond donors (Lipinski definition) is 1. The monoisotopic (exact) mass is 472 g/mol. The van der Waals surface area contributed by atoms with Gasteiger partial charge in [0.05, 0.1) is 11.8 Å². The second-order valence-electron chi connectivity index (χ2n) is 7.99. The Morgan fingerprint density at radius 2 is 1.68 bits per heavy atom. The molecule has 5 rings (SSSR count). The number of amides is 2. The number of hydrogen-bond acceptors (Lipinski definition) is 5. The van der Waals surface area contributed by atoms with Gasteiger partial charge in [0.1, 0.15) is 11.1 Å². The number of hydrazone groups is 1. The minimum absolute atomic E-state index is 0.00963. The molecule has 3 aromatic rings. The van der Waals surface area contributed by atoms with Crippen molar-refractivity contribution in [1.29, 1.82) is 0 Å². The lowest BCUT2D eigenvalue weighted by atomic mass is 9.99. The molecule has 0 aromatic heterocycles. The first-order valence-electron chi connectivity index (χ1n) is 10.9. The Kier molecular flexibility index (Phi) is 6.22. The van der Waals surface area contributed by atoms with Crippen LogP contribution in [0, 0.1) is 5.82 Å². The topological polar surface area (TPSA) is 74.1 Å². The van der Waals surface area contributed by atoms with Gasteiger partial charge < -0.3 is 5.32 Å². The molecule has 2 amide bonds. The Morgan fingerprint density at radius 1 is 1.00 bits per heavy atom. The van der Waals surface area contributed by atoms with Gasteiger partial charge in [0.25, 0.3) is 5.91 Å². The molecule has 3 aromatic carbocycles. The first-order valence-corrected chi connectivity index (χ1v) is 11.8. The maximum absolute atomic E-state index is 13.5. The summed E-state index contributed by atoms with van der Waals surface area (Å²) in [6.07, 6.45) is 0.596. The quantitative estimate of drug-likeness (QED) is 0.567. The maximum atomic E-state index is 13.5. The number of carbonyl (C=O) groups excluding carboxylic acids is 2. The van der Waals surface area contributed by atoms with Gasteiger partial charge in [0, 0.05) is 18.5 Å². The highest BCUT2D eigenvalue weighted by Gasteiger charge is 2.39. The summed E-state index contributed by atoms with van der Waals surface area (Å²) in [7, 11) is 0. The van der Waals surface area contributed by atoms with E-state index in [1.165, 1.54) is 23.9 Å². The van der Waals surface area contributed by atoms with Crippen molar-refractivity contribution in [3.05, 3.63) is 102 Å². The van der Waals surface area contributed by atoms with Gasteiger partial charge in [-0.1, -0.05) is 72.4 Å². The van der Waals surface area contributed by atoms with Gasteiger partial charge in [-0.05, 0) is 35.4 Å². The van der Waals surface area contributed by atoms with E-state index in [9.17, 15) is 14.0 Å². The predicted molar refractivity (Wildman–Crippen MR) is 132 cm³/mol. The predicted octanol–water partition coefficient (Wildman–Crippen LogP) is 5.00. The Balaban J connectivity index is 1.35. The smallest absolute Gasteiger partial charge is 0.262 e. The molecule has 0 fully saturated rings. The second kappa shape index (κ2) is 9.61. The van der Waals surface area contributed by atoms with Crippen LogP contribution in [-0.4, -0.2) is 33.0 Å². The van der Waals surface area contributed by atoms with E-state index < -0.39 is 5.25 Å². The van der Waals surface area contributed by atoms with Crippen LogP contribution < -0.4 is 5.32 Å². The summed E-state index contributed by atoms with van der Waals surface area (Å²) in [6, 6.07) is 25.0. The van der Waals surface area contributed by atoms with Gasteiger partial charge in [-0.25, -0.2) is 9.40 Å². The number of halogens is 1. The summed E-state index contributed by atoms with van der Waals surface area (Å²) >= 11 is 1.24. The highest BCUT2D eigenvalue weighted by atomic mass is 32.2. The van der Waals surface area contributed by atoms with Crippen molar-refractivity contribution in [2.24, 2.45) is 10.1 Å². The maximum Gasteiger partial charge on any atom is 0.262 e. The summed E-state index contributed by atoms with van der Waals surface area (Å²) in [5, 5.41) is 9.15. The summed E-state index contributed by atoms with van der Waals surface area (Å²) in [5.74, 6) is -0.923. The summed E-state index contributed by atoms with van der Waals surface area (Å²) < 4.78 is 13.5. The third-order valence-electron chi connectivity index (χ3n) is 5.63. The van der Waals surface area contributed by atoms with Gasteiger partial charge in [-0.3, -0.25) is 9.59 Å².